The predicted octanol–water partition coefficient (Wildman–Crippen LogP) is 3.58. The Kier molecular flexibility index (Phi) is 4.94. The molecule has 1 N–H and O–H groups in total. The van der Waals surface area contributed by atoms with E-state index in [-0.39, 0.29) is 18.0 Å². The summed E-state index contributed by atoms with van der Waals surface area (Å²) in [6.07, 6.45) is 3.04. The van der Waals surface area contributed by atoms with E-state index in [0.717, 1.165) is 10.9 Å². The van der Waals surface area contributed by atoms with Crippen LogP contribution >= 0.6 is 0 Å². The number of amides is 1. The molecule has 0 radical (unpaired) electrons. The predicted molar refractivity (Wildman–Crippen MR) is 121 cm³/mol. The van der Waals surface area contributed by atoms with E-state index in [1.807, 2.05) is 42.5 Å². The Balaban J connectivity index is 1.34. The summed E-state index contributed by atoms with van der Waals surface area (Å²) in [5, 5.41) is 3.55. The van der Waals surface area contributed by atoms with Gasteiger partial charge < -0.3 is 9.73 Å². The first-order valence-electron chi connectivity index (χ1n) is 9.87. The highest BCUT2D eigenvalue weighted by molar-refractivity contribution is 6.01. The van der Waals surface area contributed by atoms with Gasteiger partial charge in [0.2, 0.25) is 11.5 Å². The summed E-state index contributed by atoms with van der Waals surface area (Å²) in [6, 6.07) is 20.0. The van der Waals surface area contributed by atoms with E-state index >= 15 is 0 Å². The molecule has 0 aliphatic rings. The minimum absolute atomic E-state index is 0.133. The molecule has 0 saturated heterocycles. The molecule has 0 aliphatic heterocycles. The normalized spacial score (nSPS) is 10.6. The lowest BCUT2D eigenvalue weighted by Crippen LogP contribution is -2.27. The van der Waals surface area contributed by atoms with Gasteiger partial charge in [0.1, 0.15) is 23.3 Å². The molecule has 0 spiro atoms. The van der Waals surface area contributed by atoms with Crippen molar-refractivity contribution in [2.75, 3.05) is 5.32 Å². The van der Waals surface area contributed by atoms with Crippen molar-refractivity contribution in [1.29, 1.82) is 0 Å². The summed E-state index contributed by atoms with van der Waals surface area (Å²) in [5.41, 5.74) is 2.77. The smallest absolute Gasteiger partial charge is 0.297 e. The number of nitrogens with one attached hydrogen (secondary N) is 1. The van der Waals surface area contributed by atoms with Crippen LogP contribution in [0.15, 0.2) is 88.5 Å². The average Bonchev–Trinajstić information content (AvgIpc) is 3.20. The SMILES string of the molecule is O=C(Cn1cnc2c(oc3ccccc32)c1=O)Nc1cccc(C#Cc2ccccn2)c1. The van der Waals surface area contributed by atoms with Crippen molar-refractivity contribution in [3.05, 3.63) is 101 Å². The molecule has 0 fully saturated rings. The lowest BCUT2D eigenvalue weighted by atomic mass is 10.2. The number of nitrogens with zero attached hydrogens (tertiary/aromatic N) is 3. The van der Waals surface area contributed by atoms with Crippen molar-refractivity contribution >= 4 is 33.7 Å². The topological polar surface area (TPSA) is 90.0 Å². The number of fused-ring (bicyclic) bond motifs is 3. The van der Waals surface area contributed by atoms with Gasteiger partial charge in [-0.05, 0) is 48.4 Å². The Morgan fingerprint density at radius 3 is 2.75 bits per heavy atom. The zero-order valence-corrected chi connectivity index (χ0v) is 16.8. The monoisotopic (exact) mass is 420 g/mol. The number of furan rings is 1. The first-order valence-corrected chi connectivity index (χ1v) is 9.87. The van der Waals surface area contributed by atoms with E-state index in [0.29, 0.717) is 22.5 Å². The molecule has 3 aromatic heterocycles. The van der Waals surface area contributed by atoms with Crippen LogP contribution in [-0.4, -0.2) is 20.4 Å². The average molecular weight is 420 g/mol. The number of para-hydroxylation sites is 1. The van der Waals surface area contributed by atoms with Crippen LogP contribution in [0.2, 0.25) is 0 Å². The van der Waals surface area contributed by atoms with Crippen molar-refractivity contribution in [3.8, 4) is 11.8 Å². The first-order chi connectivity index (χ1) is 15.7. The summed E-state index contributed by atoms with van der Waals surface area (Å²) in [7, 11) is 0. The Bertz CT molecular complexity index is 1570. The van der Waals surface area contributed by atoms with E-state index < -0.39 is 5.56 Å². The molecule has 154 valence electrons. The molecule has 5 aromatic rings. The van der Waals surface area contributed by atoms with Crippen LogP contribution in [0.5, 0.6) is 0 Å². The number of rotatable bonds is 3. The minimum Gasteiger partial charge on any atom is -0.448 e. The Labute approximate surface area is 182 Å². The zero-order valence-electron chi connectivity index (χ0n) is 16.8. The van der Waals surface area contributed by atoms with Crippen molar-refractivity contribution in [3.63, 3.8) is 0 Å². The Morgan fingerprint density at radius 1 is 1.00 bits per heavy atom. The molecule has 1 amide bonds. The molecule has 0 saturated carbocycles. The third kappa shape index (κ3) is 3.85. The van der Waals surface area contributed by atoms with Crippen LogP contribution < -0.4 is 10.9 Å². The van der Waals surface area contributed by atoms with Gasteiger partial charge in [0.05, 0.1) is 6.33 Å². The second-order valence-electron chi connectivity index (χ2n) is 7.05. The Morgan fingerprint density at radius 2 is 1.88 bits per heavy atom. The molecule has 3 heterocycles. The van der Waals surface area contributed by atoms with Gasteiger partial charge in [0, 0.05) is 22.8 Å². The Hall–Kier alpha value is -4.70. The molecular weight excluding hydrogens is 404 g/mol. The van der Waals surface area contributed by atoms with E-state index in [1.54, 1.807) is 30.5 Å². The molecule has 0 bridgehead atoms. The molecule has 5 rings (SSSR count). The van der Waals surface area contributed by atoms with Crippen LogP contribution in [-0.2, 0) is 11.3 Å². The van der Waals surface area contributed by atoms with E-state index in [9.17, 15) is 9.59 Å². The minimum atomic E-state index is -0.406. The van der Waals surface area contributed by atoms with Gasteiger partial charge in [0.15, 0.2) is 0 Å². The number of hydrogen-bond donors (Lipinski definition) is 1. The molecule has 32 heavy (non-hydrogen) atoms. The first kappa shape index (κ1) is 19.3. The number of hydrogen-bond acceptors (Lipinski definition) is 5. The maximum absolute atomic E-state index is 12.8. The number of anilines is 1. The van der Waals surface area contributed by atoms with Crippen LogP contribution in [0.25, 0.3) is 22.1 Å². The lowest BCUT2D eigenvalue weighted by molar-refractivity contribution is -0.116. The fraction of sp³-hybridized carbons (Fsp3) is 0.0400. The van der Waals surface area contributed by atoms with Gasteiger partial charge in [-0.3, -0.25) is 14.2 Å². The fourth-order valence-corrected chi connectivity index (χ4v) is 3.33. The largest absolute Gasteiger partial charge is 0.448 e. The quantitative estimate of drug-likeness (QED) is 0.451. The van der Waals surface area contributed by atoms with Gasteiger partial charge in [-0.1, -0.05) is 30.2 Å². The fourth-order valence-electron chi connectivity index (χ4n) is 3.33. The van der Waals surface area contributed by atoms with E-state index in [4.69, 9.17) is 4.42 Å². The van der Waals surface area contributed by atoms with Crippen LogP contribution in [0.4, 0.5) is 5.69 Å². The van der Waals surface area contributed by atoms with Crippen molar-refractivity contribution in [2.45, 2.75) is 6.54 Å². The van der Waals surface area contributed by atoms with Gasteiger partial charge >= 0.3 is 0 Å². The highest BCUT2D eigenvalue weighted by Crippen LogP contribution is 2.24. The van der Waals surface area contributed by atoms with Gasteiger partial charge in [-0.2, -0.15) is 0 Å². The van der Waals surface area contributed by atoms with Crippen molar-refractivity contribution in [2.24, 2.45) is 0 Å². The zero-order chi connectivity index (χ0) is 21.9. The van der Waals surface area contributed by atoms with Crippen molar-refractivity contribution in [1.82, 2.24) is 14.5 Å². The number of carbonyl (C=O) groups excluding carboxylic acids is 1. The third-order valence-corrected chi connectivity index (χ3v) is 4.81. The second kappa shape index (κ2) is 8.20. The summed E-state index contributed by atoms with van der Waals surface area (Å²) in [4.78, 5) is 33.8. The molecule has 7 nitrogen and oxygen atoms in total. The summed E-state index contributed by atoms with van der Waals surface area (Å²) < 4.78 is 6.88. The van der Waals surface area contributed by atoms with E-state index in [2.05, 4.69) is 27.1 Å². The van der Waals surface area contributed by atoms with Crippen LogP contribution in [0, 0.1) is 11.8 Å². The van der Waals surface area contributed by atoms with Crippen molar-refractivity contribution < 1.29 is 9.21 Å². The number of carbonyl (C=O) groups is 1. The number of pyridine rings is 1. The molecule has 7 heteroatoms. The standard InChI is InChI=1S/C25H16N4O3/c30-22(28-19-8-5-6-17(14-19)11-12-18-7-3-4-13-26-18)15-29-16-27-23-20-9-1-2-10-21(20)32-24(23)25(29)31/h1-10,13-14,16H,15H2,(H,28,30). The van der Waals surface area contributed by atoms with Gasteiger partial charge in [0.25, 0.3) is 5.56 Å². The second-order valence-corrected chi connectivity index (χ2v) is 7.05. The maximum Gasteiger partial charge on any atom is 0.297 e. The summed E-state index contributed by atoms with van der Waals surface area (Å²) in [5.74, 6) is 5.64. The maximum atomic E-state index is 12.8. The molecule has 0 unspecified atom stereocenters. The highest BCUT2D eigenvalue weighted by atomic mass is 16.3. The lowest BCUT2D eigenvalue weighted by Gasteiger charge is -2.07. The van der Waals surface area contributed by atoms with Crippen LogP contribution in [0.3, 0.4) is 0 Å². The number of aromatic nitrogens is 3. The molecule has 0 atom stereocenters. The van der Waals surface area contributed by atoms with Gasteiger partial charge in [-0.15, -0.1) is 0 Å². The van der Waals surface area contributed by atoms with Crippen LogP contribution in [0.1, 0.15) is 11.3 Å². The van der Waals surface area contributed by atoms with Gasteiger partial charge in [-0.25, -0.2) is 9.97 Å². The molecule has 0 aliphatic carbocycles. The third-order valence-electron chi connectivity index (χ3n) is 4.81. The molecule has 2 aromatic carbocycles. The summed E-state index contributed by atoms with van der Waals surface area (Å²) >= 11 is 0. The molecular formula is C25H16N4O3. The van der Waals surface area contributed by atoms with E-state index in [1.165, 1.54) is 10.9 Å². The summed E-state index contributed by atoms with van der Waals surface area (Å²) in [6.45, 7) is -0.192. The number of benzene rings is 2. The highest BCUT2D eigenvalue weighted by Gasteiger charge is 2.14.